The molecule has 1 N–H and O–H groups in total. The molecule has 1 aliphatic heterocycles. The Labute approximate surface area is 112 Å². The van der Waals surface area contributed by atoms with Crippen molar-refractivity contribution in [3.63, 3.8) is 0 Å². The molecule has 1 unspecified atom stereocenters. The molecule has 1 amide bonds. The maximum atomic E-state index is 12.1. The van der Waals surface area contributed by atoms with Crippen molar-refractivity contribution >= 4 is 5.91 Å². The van der Waals surface area contributed by atoms with E-state index in [0.717, 1.165) is 6.42 Å². The van der Waals surface area contributed by atoms with Crippen molar-refractivity contribution in [2.75, 3.05) is 26.9 Å². The van der Waals surface area contributed by atoms with Crippen molar-refractivity contribution in [2.24, 2.45) is 0 Å². The molecule has 1 heterocycles. The van der Waals surface area contributed by atoms with Crippen LogP contribution in [0.5, 0.6) is 11.5 Å². The van der Waals surface area contributed by atoms with Gasteiger partial charge in [-0.25, -0.2) is 0 Å². The molecule has 104 valence electrons. The average Bonchev–Trinajstić information content (AvgIpc) is 2.44. The van der Waals surface area contributed by atoms with Gasteiger partial charge in [0.2, 0.25) is 0 Å². The zero-order valence-corrected chi connectivity index (χ0v) is 11.3. The molecule has 0 radical (unpaired) electrons. The lowest BCUT2D eigenvalue weighted by Crippen LogP contribution is -2.33. The Kier molecular flexibility index (Phi) is 4.63. The van der Waals surface area contributed by atoms with Crippen LogP contribution in [0, 0.1) is 0 Å². The van der Waals surface area contributed by atoms with E-state index in [4.69, 9.17) is 14.2 Å². The minimum Gasteiger partial charge on any atom is -0.486 e. The van der Waals surface area contributed by atoms with Gasteiger partial charge >= 0.3 is 0 Å². The Morgan fingerprint density at radius 2 is 2.11 bits per heavy atom. The van der Waals surface area contributed by atoms with Gasteiger partial charge in [-0.05, 0) is 31.5 Å². The first-order valence-electron chi connectivity index (χ1n) is 6.40. The van der Waals surface area contributed by atoms with Crippen LogP contribution in [0.3, 0.4) is 0 Å². The number of hydrogen-bond donors (Lipinski definition) is 1. The number of carbonyl (C=O) groups excluding carboxylic acids is 1. The number of methoxy groups -OCH3 is 1. The molecular formula is C14H19NO4. The van der Waals surface area contributed by atoms with Crippen LogP contribution in [0.15, 0.2) is 18.2 Å². The maximum Gasteiger partial charge on any atom is 0.251 e. The fourth-order valence-corrected chi connectivity index (χ4v) is 1.86. The van der Waals surface area contributed by atoms with Gasteiger partial charge in [0.15, 0.2) is 11.5 Å². The number of carbonyl (C=O) groups is 1. The highest BCUT2D eigenvalue weighted by Gasteiger charge is 2.15. The summed E-state index contributed by atoms with van der Waals surface area (Å²) in [7, 11) is 1.65. The second-order valence-electron chi connectivity index (χ2n) is 4.51. The summed E-state index contributed by atoms with van der Waals surface area (Å²) in [6.45, 7) is 3.65. The third-order valence-corrected chi connectivity index (χ3v) is 2.94. The second kappa shape index (κ2) is 6.43. The summed E-state index contributed by atoms with van der Waals surface area (Å²) in [6, 6.07) is 5.29. The number of ether oxygens (including phenoxy) is 3. The monoisotopic (exact) mass is 265 g/mol. The smallest absolute Gasteiger partial charge is 0.251 e. The number of rotatable bonds is 5. The van der Waals surface area contributed by atoms with Gasteiger partial charge in [-0.3, -0.25) is 4.79 Å². The van der Waals surface area contributed by atoms with Crippen molar-refractivity contribution in [3.8, 4) is 11.5 Å². The van der Waals surface area contributed by atoms with E-state index in [1.54, 1.807) is 25.3 Å². The quantitative estimate of drug-likeness (QED) is 0.878. The summed E-state index contributed by atoms with van der Waals surface area (Å²) in [5.41, 5.74) is 0.577. The molecule has 0 saturated heterocycles. The second-order valence-corrected chi connectivity index (χ2v) is 4.51. The average molecular weight is 265 g/mol. The summed E-state index contributed by atoms with van der Waals surface area (Å²) in [6.07, 6.45) is 0.785. The van der Waals surface area contributed by atoms with Gasteiger partial charge in [0.05, 0.1) is 0 Å². The standard InChI is InChI=1S/C14H19NO4/c1-10(5-6-17-2)15-14(16)11-3-4-12-13(9-11)19-8-7-18-12/h3-4,9-10H,5-8H2,1-2H3,(H,15,16). The summed E-state index contributed by atoms with van der Waals surface area (Å²) in [4.78, 5) is 12.1. The Morgan fingerprint density at radius 1 is 1.37 bits per heavy atom. The van der Waals surface area contributed by atoms with E-state index in [9.17, 15) is 4.79 Å². The predicted octanol–water partition coefficient (Wildman–Crippen LogP) is 1.61. The maximum absolute atomic E-state index is 12.1. The van der Waals surface area contributed by atoms with Crippen LogP contribution in [-0.4, -0.2) is 38.9 Å². The number of fused-ring (bicyclic) bond motifs is 1. The van der Waals surface area contributed by atoms with E-state index in [0.29, 0.717) is 36.9 Å². The number of hydrogen-bond acceptors (Lipinski definition) is 4. The normalized spacial score (nSPS) is 14.8. The minimum absolute atomic E-state index is 0.0700. The van der Waals surface area contributed by atoms with Crippen LogP contribution in [-0.2, 0) is 4.74 Å². The third-order valence-electron chi connectivity index (χ3n) is 2.94. The van der Waals surface area contributed by atoms with Crippen LogP contribution < -0.4 is 14.8 Å². The van der Waals surface area contributed by atoms with Gasteiger partial charge in [-0.2, -0.15) is 0 Å². The molecule has 5 nitrogen and oxygen atoms in total. The third kappa shape index (κ3) is 3.61. The number of benzene rings is 1. The molecule has 0 bridgehead atoms. The fraction of sp³-hybridized carbons (Fsp3) is 0.500. The first kappa shape index (κ1) is 13.7. The summed E-state index contributed by atoms with van der Waals surface area (Å²) >= 11 is 0. The van der Waals surface area contributed by atoms with Gasteiger partial charge in [-0.15, -0.1) is 0 Å². The molecular weight excluding hydrogens is 246 g/mol. The number of nitrogens with one attached hydrogen (secondary N) is 1. The van der Waals surface area contributed by atoms with Gasteiger partial charge in [0.1, 0.15) is 13.2 Å². The molecule has 0 saturated carbocycles. The van der Waals surface area contributed by atoms with Gasteiger partial charge < -0.3 is 19.5 Å². The highest BCUT2D eigenvalue weighted by Crippen LogP contribution is 2.30. The first-order chi connectivity index (χ1) is 9.20. The van der Waals surface area contributed by atoms with E-state index in [1.807, 2.05) is 6.92 Å². The lowest BCUT2D eigenvalue weighted by atomic mass is 10.1. The van der Waals surface area contributed by atoms with Gasteiger partial charge in [0, 0.05) is 25.3 Å². The van der Waals surface area contributed by atoms with E-state index in [2.05, 4.69) is 5.32 Å². The zero-order chi connectivity index (χ0) is 13.7. The minimum atomic E-state index is -0.111. The van der Waals surface area contributed by atoms with E-state index >= 15 is 0 Å². The van der Waals surface area contributed by atoms with Crippen molar-refractivity contribution in [1.82, 2.24) is 5.32 Å². The predicted molar refractivity (Wildman–Crippen MR) is 70.9 cm³/mol. The lowest BCUT2D eigenvalue weighted by Gasteiger charge is -2.19. The molecule has 1 aliphatic rings. The van der Waals surface area contributed by atoms with Crippen molar-refractivity contribution in [2.45, 2.75) is 19.4 Å². The Bertz CT molecular complexity index is 447. The van der Waals surface area contributed by atoms with Crippen LogP contribution >= 0.6 is 0 Å². The summed E-state index contributed by atoms with van der Waals surface area (Å²) < 4.78 is 15.9. The Morgan fingerprint density at radius 3 is 2.84 bits per heavy atom. The molecule has 1 atom stereocenters. The van der Waals surface area contributed by atoms with Crippen LogP contribution in [0.1, 0.15) is 23.7 Å². The first-order valence-corrected chi connectivity index (χ1v) is 6.40. The lowest BCUT2D eigenvalue weighted by molar-refractivity contribution is 0.0928. The fourth-order valence-electron chi connectivity index (χ4n) is 1.86. The molecule has 0 spiro atoms. The summed E-state index contributed by atoms with van der Waals surface area (Å²) in [5, 5.41) is 2.92. The van der Waals surface area contributed by atoms with Gasteiger partial charge in [-0.1, -0.05) is 0 Å². The van der Waals surface area contributed by atoms with E-state index in [-0.39, 0.29) is 11.9 Å². The molecule has 2 rings (SSSR count). The summed E-state index contributed by atoms with van der Waals surface area (Å²) in [5.74, 6) is 1.21. The van der Waals surface area contributed by atoms with E-state index in [1.165, 1.54) is 0 Å². The topological polar surface area (TPSA) is 56.8 Å². The molecule has 1 aromatic rings. The zero-order valence-electron chi connectivity index (χ0n) is 11.3. The van der Waals surface area contributed by atoms with Crippen LogP contribution in [0.4, 0.5) is 0 Å². The largest absolute Gasteiger partial charge is 0.486 e. The van der Waals surface area contributed by atoms with E-state index < -0.39 is 0 Å². The number of amides is 1. The van der Waals surface area contributed by atoms with Crippen LogP contribution in [0.2, 0.25) is 0 Å². The molecule has 0 fully saturated rings. The highest BCUT2D eigenvalue weighted by atomic mass is 16.6. The van der Waals surface area contributed by atoms with Crippen molar-refractivity contribution in [3.05, 3.63) is 23.8 Å². The molecule has 1 aromatic carbocycles. The Hall–Kier alpha value is -1.75. The molecule has 0 aliphatic carbocycles. The SMILES string of the molecule is COCCC(C)NC(=O)c1ccc2c(c1)OCCO2. The Balaban J connectivity index is 1.99. The van der Waals surface area contributed by atoms with Gasteiger partial charge in [0.25, 0.3) is 5.91 Å². The van der Waals surface area contributed by atoms with Crippen molar-refractivity contribution < 1.29 is 19.0 Å². The molecule has 0 aromatic heterocycles. The van der Waals surface area contributed by atoms with Crippen molar-refractivity contribution in [1.29, 1.82) is 0 Å². The highest BCUT2D eigenvalue weighted by molar-refractivity contribution is 5.95. The van der Waals surface area contributed by atoms with Crippen LogP contribution in [0.25, 0.3) is 0 Å². The molecule has 19 heavy (non-hydrogen) atoms. The molecule has 5 heteroatoms.